The smallest absolute Gasteiger partial charge is 0.242 e. The predicted molar refractivity (Wildman–Crippen MR) is 118 cm³/mol. The van der Waals surface area contributed by atoms with Gasteiger partial charge in [-0.1, -0.05) is 48.5 Å². The third kappa shape index (κ3) is 5.63. The summed E-state index contributed by atoms with van der Waals surface area (Å²) in [6.45, 7) is 0. The molecule has 0 aliphatic rings. The molecule has 0 aromatic heterocycles. The van der Waals surface area contributed by atoms with Crippen molar-refractivity contribution in [3.8, 4) is 0 Å². The lowest BCUT2D eigenvalue weighted by molar-refractivity contribution is -0.117. The maximum absolute atomic E-state index is 12.8. The molecule has 3 aromatic rings. The highest BCUT2D eigenvalue weighted by molar-refractivity contribution is 14.1. The number of carbonyl (C=O) groups is 1. The SMILES string of the molecule is O=C(Nc1ccccc1)[C@H](Cc1ccccc1)NS(=O)(=O)c1ccc(I)cc1. The predicted octanol–water partition coefficient (Wildman–Crippen LogP) is 3.82. The first-order chi connectivity index (χ1) is 13.4. The molecule has 0 heterocycles. The lowest BCUT2D eigenvalue weighted by Crippen LogP contribution is -2.45. The number of nitrogens with one attached hydrogen (secondary N) is 2. The van der Waals surface area contributed by atoms with Crippen molar-refractivity contribution in [2.45, 2.75) is 17.4 Å². The Labute approximate surface area is 178 Å². The number of amides is 1. The standard InChI is InChI=1S/C21H19IN2O3S/c22-17-11-13-19(14-12-17)28(26,27)24-20(15-16-7-3-1-4-8-16)21(25)23-18-9-5-2-6-10-18/h1-14,20,24H,15H2,(H,23,25)/t20-/m0/s1. The number of halogens is 1. The maximum atomic E-state index is 12.8. The van der Waals surface area contributed by atoms with Gasteiger partial charge in [0.15, 0.2) is 0 Å². The normalized spacial score (nSPS) is 12.3. The Morgan fingerprint density at radius 2 is 1.43 bits per heavy atom. The summed E-state index contributed by atoms with van der Waals surface area (Å²) in [5.74, 6) is -0.413. The van der Waals surface area contributed by atoms with Gasteiger partial charge in [0, 0.05) is 9.26 Å². The number of carbonyl (C=O) groups excluding carboxylic acids is 1. The van der Waals surface area contributed by atoms with Crippen molar-refractivity contribution in [1.82, 2.24) is 4.72 Å². The zero-order valence-electron chi connectivity index (χ0n) is 14.9. The van der Waals surface area contributed by atoms with E-state index in [-0.39, 0.29) is 11.3 Å². The van der Waals surface area contributed by atoms with Gasteiger partial charge in [-0.3, -0.25) is 4.79 Å². The average molecular weight is 506 g/mol. The van der Waals surface area contributed by atoms with Gasteiger partial charge in [0.2, 0.25) is 15.9 Å². The summed E-state index contributed by atoms with van der Waals surface area (Å²) in [7, 11) is -3.85. The van der Waals surface area contributed by atoms with Gasteiger partial charge in [-0.2, -0.15) is 4.72 Å². The fraction of sp³-hybridized carbons (Fsp3) is 0.0952. The number of para-hydroxylation sites is 1. The number of hydrogen-bond donors (Lipinski definition) is 2. The number of rotatable bonds is 7. The molecule has 1 amide bonds. The van der Waals surface area contributed by atoms with Crippen molar-refractivity contribution in [1.29, 1.82) is 0 Å². The van der Waals surface area contributed by atoms with Crippen LogP contribution in [0.5, 0.6) is 0 Å². The molecule has 28 heavy (non-hydrogen) atoms. The molecule has 0 aliphatic carbocycles. The van der Waals surface area contributed by atoms with Crippen molar-refractivity contribution in [2.75, 3.05) is 5.32 Å². The van der Waals surface area contributed by atoms with Gasteiger partial charge in [0.05, 0.1) is 4.90 Å². The largest absolute Gasteiger partial charge is 0.325 e. The second-order valence-electron chi connectivity index (χ2n) is 6.17. The summed E-state index contributed by atoms with van der Waals surface area (Å²) < 4.78 is 29.1. The molecule has 0 unspecified atom stereocenters. The Kier molecular flexibility index (Phi) is 6.82. The summed E-state index contributed by atoms with van der Waals surface area (Å²) in [5, 5.41) is 2.78. The molecular formula is C21H19IN2O3S. The van der Waals surface area contributed by atoms with Crippen LogP contribution < -0.4 is 10.0 Å². The van der Waals surface area contributed by atoms with Gasteiger partial charge in [-0.05, 0) is 71.0 Å². The molecule has 0 aliphatic heterocycles. The fourth-order valence-electron chi connectivity index (χ4n) is 2.66. The molecule has 0 fully saturated rings. The number of hydrogen-bond acceptors (Lipinski definition) is 3. The summed E-state index contributed by atoms with van der Waals surface area (Å²) in [5.41, 5.74) is 1.47. The van der Waals surface area contributed by atoms with Gasteiger partial charge in [0.25, 0.3) is 0 Å². The molecule has 3 rings (SSSR count). The molecule has 0 saturated carbocycles. The van der Waals surface area contributed by atoms with E-state index in [1.807, 2.05) is 36.4 Å². The van der Waals surface area contributed by atoms with Crippen molar-refractivity contribution in [2.24, 2.45) is 0 Å². The Balaban J connectivity index is 1.84. The summed E-state index contributed by atoms with van der Waals surface area (Å²) in [4.78, 5) is 13.0. The van der Waals surface area contributed by atoms with Crippen molar-refractivity contribution >= 4 is 44.2 Å². The first kappa shape index (κ1) is 20.5. The lowest BCUT2D eigenvalue weighted by atomic mass is 10.1. The average Bonchev–Trinajstić information content (AvgIpc) is 2.69. The van der Waals surface area contributed by atoms with Gasteiger partial charge in [0.1, 0.15) is 6.04 Å². The van der Waals surface area contributed by atoms with Crippen LogP contribution in [0.4, 0.5) is 5.69 Å². The monoisotopic (exact) mass is 506 g/mol. The summed E-state index contributed by atoms with van der Waals surface area (Å²) in [6, 6.07) is 23.8. The first-order valence-corrected chi connectivity index (χ1v) is 11.2. The molecule has 2 N–H and O–H groups in total. The lowest BCUT2D eigenvalue weighted by Gasteiger charge is -2.19. The van der Waals surface area contributed by atoms with Crippen LogP contribution >= 0.6 is 22.6 Å². The third-order valence-electron chi connectivity index (χ3n) is 4.06. The Morgan fingerprint density at radius 1 is 0.857 bits per heavy atom. The maximum Gasteiger partial charge on any atom is 0.242 e. The van der Waals surface area contributed by atoms with E-state index in [1.165, 1.54) is 12.1 Å². The Morgan fingerprint density at radius 3 is 2.04 bits per heavy atom. The molecule has 7 heteroatoms. The van der Waals surface area contributed by atoms with Crippen LogP contribution in [0.3, 0.4) is 0 Å². The molecule has 0 saturated heterocycles. The fourth-order valence-corrected chi connectivity index (χ4v) is 4.21. The summed E-state index contributed by atoms with van der Waals surface area (Å²) >= 11 is 2.11. The van der Waals surface area contributed by atoms with Gasteiger partial charge < -0.3 is 5.32 Å². The topological polar surface area (TPSA) is 75.3 Å². The van der Waals surface area contributed by atoms with Crippen LogP contribution in [-0.4, -0.2) is 20.4 Å². The number of sulfonamides is 1. The van der Waals surface area contributed by atoms with Crippen LogP contribution in [-0.2, 0) is 21.2 Å². The summed E-state index contributed by atoms with van der Waals surface area (Å²) in [6.07, 6.45) is 0.239. The molecule has 1 atom stereocenters. The van der Waals surface area contributed by atoms with Crippen LogP contribution in [0, 0.1) is 3.57 Å². The quantitative estimate of drug-likeness (QED) is 0.479. The number of benzene rings is 3. The zero-order chi connectivity index (χ0) is 20.0. The van der Waals surface area contributed by atoms with E-state index in [9.17, 15) is 13.2 Å². The molecular weight excluding hydrogens is 487 g/mol. The van der Waals surface area contributed by atoms with E-state index in [0.717, 1.165) is 9.13 Å². The van der Waals surface area contributed by atoms with Crippen molar-refractivity contribution in [3.05, 3.63) is 94.1 Å². The van der Waals surface area contributed by atoms with E-state index in [4.69, 9.17) is 0 Å². The Bertz CT molecular complexity index is 1020. The minimum absolute atomic E-state index is 0.124. The minimum Gasteiger partial charge on any atom is -0.325 e. The van der Waals surface area contributed by atoms with Gasteiger partial charge >= 0.3 is 0 Å². The molecule has 144 valence electrons. The van der Waals surface area contributed by atoms with Crippen molar-refractivity contribution in [3.63, 3.8) is 0 Å². The highest BCUT2D eigenvalue weighted by Gasteiger charge is 2.26. The van der Waals surface area contributed by atoms with E-state index >= 15 is 0 Å². The van der Waals surface area contributed by atoms with Crippen LogP contribution in [0.25, 0.3) is 0 Å². The second kappa shape index (κ2) is 9.31. The Hall–Kier alpha value is -2.23. The number of anilines is 1. The molecule has 0 bridgehead atoms. The molecule has 3 aromatic carbocycles. The van der Waals surface area contributed by atoms with Crippen LogP contribution in [0.2, 0.25) is 0 Å². The van der Waals surface area contributed by atoms with E-state index in [2.05, 4.69) is 32.6 Å². The highest BCUT2D eigenvalue weighted by Crippen LogP contribution is 2.15. The van der Waals surface area contributed by atoms with Crippen LogP contribution in [0.1, 0.15) is 5.56 Å². The second-order valence-corrected chi connectivity index (χ2v) is 9.13. The highest BCUT2D eigenvalue weighted by atomic mass is 127. The van der Waals surface area contributed by atoms with E-state index < -0.39 is 22.0 Å². The third-order valence-corrected chi connectivity index (χ3v) is 6.27. The molecule has 0 radical (unpaired) electrons. The van der Waals surface area contributed by atoms with Crippen molar-refractivity contribution < 1.29 is 13.2 Å². The van der Waals surface area contributed by atoms with E-state index in [1.54, 1.807) is 36.4 Å². The molecule has 5 nitrogen and oxygen atoms in total. The first-order valence-electron chi connectivity index (χ1n) is 8.62. The zero-order valence-corrected chi connectivity index (χ0v) is 17.9. The molecule has 0 spiro atoms. The van der Waals surface area contributed by atoms with Gasteiger partial charge in [-0.25, -0.2) is 8.42 Å². The minimum atomic E-state index is -3.85. The van der Waals surface area contributed by atoms with E-state index in [0.29, 0.717) is 5.69 Å². The van der Waals surface area contributed by atoms with Gasteiger partial charge in [-0.15, -0.1) is 0 Å². The van der Waals surface area contributed by atoms with Crippen LogP contribution in [0.15, 0.2) is 89.8 Å².